The number of halogens is 1. The fourth-order valence-corrected chi connectivity index (χ4v) is 4.74. The van der Waals surface area contributed by atoms with Gasteiger partial charge in [-0.2, -0.15) is 0 Å². The van der Waals surface area contributed by atoms with Crippen molar-refractivity contribution in [3.63, 3.8) is 0 Å². The maximum atomic E-state index is 14.4. The van der Waals surface area contributed by atoms with Gasteiger partial charge >= 0.3 is 0 Å². The van der Waals surface area contributed by atoms with Gasteiger partial charge in [0.2, 0.25) is 0 Å². The van der Waals surface area contributed by atoms with E-state index in [-0.39, 0.29) is 18.3 Å². The summed E-state index contributed by atoms with van der Waals surface area (Å²) < 4.78 is 26.2. The quantitative estimate of drug-likeness (QED) is 0.380. The SMILES string of the molecule is COCc1c(C(=O)Nc2ccc3oc4ccccc4c3c2)sc2cccc(F)c12. The van der Waals surface area contributed by atoms with E-state index < -0.39 is 0 Å². The Balaban J connectivity index is 1.56. The number of ether oxygens (including phenoxy) is 1. The van der Waals surface area contributed by atoms with Crippen molar-refractivity contribution < 1.29 is 18.3 Å². The molecular formula is C23H16FNO3S. The van der Waals surface area contributed by atoms with Gasteiger partial charge in [-0.05, 0) is 36.4 Å². The van der Waals surface area contributed by atoms with Crippen molar-refractivity contribution in [1.82, 2.24) is 0 Å². The molecule has 0 bridgehead atoms. The first-order chi connectivity index (χ1) is 14.2. The van der Waals surface area contributed by atoms with E-state index in [1.807, 2.05) is 42.5 Å². The number of carbonyl (C=O) groups is 1. The van der Waals surface area contributed by atoms with Crippen molar-refractivity contribution in [3.05, 3.63) is 76.9 Å². The molecule has 0 aliphatic carbocycles. The van der Waals surface area contributed by atoms with E-state index in [9.17, 15) is 9.18 Å². The van der Waals surface area contributed by atoms with Gasteiger partial charge in [-0.25, -0.2) is 4.39 Å². The molecule has 4 nitrogen and oxygen atoms in total. The van der Waals surface area contributed by atoms with E-state index in [0.717, 1.165) is 26.6 Å². The molecule has 0 atom stereocenters. The number of anilines is 1. The van der Waals surface area contributed by atoms with Gasteiger partial charge in [0, 0.05) is 39.2 Å². The molecule has 0 radical (unpaired) electrons. The Kier molecular flexibility index (Phi) is 4.30. The molecule has 5 rings (SSSR count). The molecule has 0 unspecified atom stereocenters. The second-order valence-corrected chi connectivity index (χ2v) is 7.77. The van der Waals surface area contributed by atoms with Crippen molar-refractivity contribution in [3.8, 4) is 0 Å². The van der Waals surface area contributed by atoms with Crippen molar-refractivity contribution in [2.45, 2.75) is 6.61 Å². The highest BCUT2D eigenvalue weighted by atomic mass is 32.1. The molecule has 3 aromatic carbocycles. The van der Waals surface area contributed by atoms with Crippen LogP contribution in [0.2, 0.25) is 0 Å². The number of amides is 1. The van der Waals surface area contributed by atoms with Gasteiger partial charge in [0.15, 0.2) is 0 Å². The second kappa shape index (κ2) is 6.99. The summed E-state index contributed by atoms with van der Waals surface area (Å²) in [6, 6.07) is 18.1. The number of thiophene rings is 1. The summed E-state index contributed by atoms with van der Waals surface area (Å²) in [4.78, 5) is 13.5. The van der Waals surface area contributed by atoms with Crippen LogP contribution in [0.25, 0.3) is 32.0 Å². The molecule has 0 saturated heterocycles. The van der Waals surface area contributed by atoms with Gasteiger partial charge in [-0.15, -0.1) is 11.3 Å². The summed E-state index contributed by atoms with van der Waals surface area (Å²) in [6.07, 6.45) is 0. The molecule has 5 aromatic rings. The molecule has 2 heterocycles. The Labute approximate surface area is 169 Å². The van der Waals surface area contributed by atoms with E-state index in [1.54, 1.807) is 12.1 Å². The standard InChI is InChI=1S/C23H16FNO3S/c1-27-12-16-21-17(24)6-4-8-20(21)29-22(16)23(26)25-13-9-10-19-15(11-13)14-5-2-3-7-18(14)28-19/h2-11H,12H2,1H3,(H,25,26). The summed E-state index contributed by atoms with van der Waals surface area (Å²) in [7, 11) is 1.53. The molecule has 1 N–H and O–H groups in total. The maximum absolute atomic E-state index is 14.4. The van der Waals surface area contributed by atoms with E-state index in [0.29, 0.717) is 21.5 Å². The fraction of sp³-hybridized carbons (Fsp3) is 0.0870. The summed E-state index contributed by atoms with van der Waals surface area (Å²) in [5, 5.41) is 5.30. The predicted octanol–water partition coefficient (Wildman–Crippen LogP) is 6.34. The molecule has 1 amide bonds. The number of para-hydroxylation sites is 1. The highest BCUT2D eigenvalue weighted by Gasteiger charge is 2.21. The Hall–Kier alpha value is -3.22. The zero-order valence-electron chi connectivity index (χ0n) is 15.5. The van der Waals surface area contributed by atoms with E-state index in [2.05, 4.69) is 5.32 Å². The summed E-state index contributed by atoms with van der Waals surface area (Å²) in [6.45, 7) is 0.162. The third-order valence-electron chi connectivity index (χ3n) is 4.89. The highest BCUT2D eigenvalue weighted by Crippen LogP contribution is 2.35. The topological polar surface area (TPSA) is 51.5 Å². The van der Waals surface area contributed by atoms with Gasteiger partial charge < -0.3 is 14.5 Å². The van der Waals surface area contributed by atoms with E-state index in [1.165, 1.54) is 24.5 Å². The first-order valence-electron chi connectivity index (χ1n) is 9.07. The average Bonchev–Trinajstić information content (AvgIpc) is 3.28. The van der Waals surface area contributed by atoms with Crippen LogP contribution >= 0.6 is 11.3 Å². The zero-order valence-corrected chi connectivity index (χ0v) is 16.3. The molecule has 0 aliphatic heterocycles. The minimum atomic E-state index is -0.351. The number of hydrogen-bond acceptors (Lipinski definition) is 4. The first kappa shape index (κ1) is 17.8. The number of hydrogen-bond donors (Lipinski definition) is 1. The number of methoxy groups -OCH3 is 1. The summed E-state index contributed by atoms with van der Waals surface area (Å²) in [5.74, 6) is -0.638. The van der Waals surface area contributed by atoms with Crippen LogP contribution in [-0.4, -0.2) is 13.0 Å². The molecule has 0 spiro atoms. The average molecular weight is 405 g/mol. The van der Waals surface area contributed by atoms with Crippen LogP contribution in [0.3, 0.4) is 0 Å². The van der Waals surface area contributed by atoms with Crippen LogP contribution in [-0.2, 0) is 11.3 Å². The molecule has 0 aliphatic rings. The Morgan fingerprint density at radius 3 is 2.76 bits per heavy atom. The Morgan fingerprint density at radius 1 is 1.07 bits per heavy atom. The van der Waals surface area contributed by atoms with Gasteiger partial charge in [0.05, 0.1) is 11.5 Å². The number of carbonyl (C=O) groups excluding carboxylic acids is 1. The number of furan rings is 1. The van der Waals surface area contributed by atoms with Crippen LogP contribution in [0, 0.1) is 5.82 Å². The monoisotopic (exact) mass is 405 g/mol. The number of rotatable bonds is 4. The third kappa shape index (κ3) is 2.97. The normalized spacial score (nSPS) is 11.5. The first-order valence-corrected chi connectivity index (χ1v) is 9.89. The fourth-order valence-electron chi connectivity index (χ4n) is 3.62. The van der Waals surface area contributed by atoms with Crippen molar-refractivity contribution >= 4 is 55.0 Å². The van der Waals surface area contributed by atoms with Gasteiger partial charge in [-0.3, -0.25) is 4.79 Å². The molecule has 29 heavy (non-hydrogen) atoms. The van der Waals surface area contributed by atoms with Crippen LogP contribution < -0.4 is 5.32 Å². The third-order valence-corrected chi connectivity index (χ3v) is 6.09. The lowest BCUT2D eigenvalue weighted by molar-refractivity contribution is 0.102. The van der Waals surface area contributed by atoms with Crippen LogP contribution in [0.5, 0.6) is 0 Å². The smallest absolute Gasteiger partial charge is 0.266 e. The molecule has 6 heteroatoms. The van der Waals surface area contributed by atoms with Crippen LogP contribution in [0.1, 0.15) is 15.2 Å². The lowest BCUT2D eigenvalue weighted by atomic mass is 10.1. The maximum Gasteiger partial charge on any atom is 0.266 e. The molecule has 2 aromatic heterocycles. The number of fused-ring (bicyclic) bond motifs is 4. The van der Waals surface area contributed by atoms with Gasteiger partial charge in [0.1, 0.15) is 17.0 Å². The van der Waals surface area contributed by atoms with Crippen molar-refractivity contribution in [2.24, 2.45) is 0 Å². The zero-order chi connectivity index (χ0) is 20.0. The van der Waals surface area contributed by atoms with E-state index in [4.69, 9.17) is 9.15 Å². The van der Waals surface area contributed by atoms with Crippen LogP contribution in [0.15, 0.2) is 65.1 Å². The van der Waals surface area contributed by atoms with Gasteiger partial charge in [-0.1, -0.05) is 24.3 Å². The second-order valence-electron chi connectivity index (χ2n) is 6.72. The minimum Gasteiger partial charge on any atom is -0.456 e. The Bertz CT molecular complexity index is 1390. The summed E-state index contributed by atoms with van der Waals surface area (Å²) >= 11 is 1.26. The van der Waals surface area contributed by atoms with Crippen LogP contribution in [0.4, 0.5) is 10.1 Å². The highest BCUT2D eigenvalue weighted by molar-refractivity contribution is 7.21. The van der Waals surface area contributed by atoms with Crippen molar-refractivity contribution in [1.29, 1.82) is 0 Å². The largest absolute Gasteiger partial charge is 0.456 e. The molecule has 0 saturated carbocycles. The van der Waals surface area contributed by atoms with Gasteiger partial charge in [0.25, 0.3) is 5.91 Å². The lowest BCUT2D eigenvalue weighted by Gasteiger charge is -2.07. The van der Waals surface area contributed by atoms with Crippen molar-refractivity contribution in [2.75, 3.05) is 12.4 Å². The lowest BCUT2D eigenvalue weighted by Crippen LogP contribution is -2.12. The molecular weight excluding hydrogens is 389 g/mol. The summed E-state index contributed by atoms with van der Waals surface area (Å²) in [5.41, 5.74) is 2.77. The minimum absolute atomic E-state index is 0.162. The number of benzene rings is 3. The predicted molar refractivity (Wildman–Crippen MR) is 114 cm³/mol. The molecule has 0 fully saturated rings. The number of nitrogens with one attached hydrogen (secondary N) is 1. The Morgan fingerprint density at radius 2 is 1.90 bits per heavy atom. The molecule has 144 valence electrons. The van der Waals surface area contributed by atoms with E-state index >= 15 is 0 Å².